The van der Waals surface area contributed by atoms with Crippen LogP contribution in [0.1, 0.15) is 28.8 Å². The van der Waals surface area contributed by atoms with Gasteiger partial charge >= 0.3 is 0 Å². The molecule has 2 aromatic carbocycles. The molecule has 0 radical (unpaired) electrons. The molecule has 26 heavy (non-hydrogen) atoms. The maximum Gasteiger partial charge on any atom is 0.270 e. The molecular weight excluding hydrogens is 356 g/mol. The minimum absolute atomic E-state index is 0.0873. The van der Waals surface area contributed by atoms with Gasteiger partial charge in [-0.25, -0.2) is 0 Å². The number of non-ortho nitro benzene ring substituents is 1. The molecule has 0 unspecified atom stereocenters. The number of halogens is 1. The number of nitro groups is 1. The van der Waals surface area contributed by atoms with Gasteiger partial charge in [0.1, 0.15) is 0 Å². The predicted molar refractivity (Wildman–Crippen MR) is 99.5 cm³/mol. The first-order chi connectivity index (χ1) is 12.5. The zero-order chi connectivity index (χ0) is 18.7. The van der Waals surface area contributed by atoms with Crippen molar-refractivity contribution in [1.82, 2.24) is 0 Å². The molecule has 132 valence electrons. The molecule has 1 heterocycles. The number of hydrogen-bond donors (Lipinski definition) is 0. The molecule has 1 aliphatic heterocycles. The summed E-state index contributed by atoms with van der Waals surface area (Å²) in [4.78, 5) is 36.1. The van der Waals surface area contributed by atoms with E-state index in [0.29, 0.717) is 29.1 Å². The van der Waals surface area contributed by atoms with Crippen molar-refractivity contribution < 1.29 is 14.5 Å². The number of benzene rings is 2. The lowest BCUT2D eigenvalue weighted by molar-refractivity contribution is -0.384. The van der Waals surface area contributed by atoms with E-state index in [0.717, 1.165) is 12.1 Å². The van der Waals surface area contributed by atoms with Crippen LogP contribution in [0.5, 0.6) is 0 Å². The zero-order valence-electron chi connectivity index (χ0n) is 13.7. The molecule has 0 saturated carbocycles. The first-order valence-electron chi connectivity index (χ1n) is 8.02. The number of ketones is 1. The molecule has 3 rings (SSSR count). The maximum absolute atomic E-state index is 12.3. The Morgan fingerprint density at radius 3 is 2.54 bits per heavy atom. The Morgan fingerprint density at radius 2 is 1.92 bits per heavy atom. The quantitative estimate of drug-likeness (QED) is 0.340. The van der Waals surface area contributed by atoms with Crippen LogP contribution in [0.4, 0.5) is 11.4 Å². The largest absolute Gasteiger partial charge is 0.312 e. The number of amides is 1. The normalized spacial score (nSPS) is 14.2. The lowest BCUT2D eigenvalue weighted by Crippen LogP contribution is -2.23. The number of carbonyl (C=O) groups is 2. The predicted octanol–water partition coefficient (Wildman–Crippen LogP) is 4.27. The van der Waals surface area contributed by atoms with E-state index in [-0.39, 0.29) is 17.4 Å². The van der Waals surface area contributed by atoms with Crippen LogP contribution in [0.2, 0.25) is 5.02 Å². The molecule has 0 aliphatic carbocycles. The van der Waals surface area contributed by atoms with E-state index in [4.69, 9.17) is 11.6 Å². The van der Waals surface area contributed by atoms with Gasteiger partial charge in [0.25, 0.3) is 5.69 Å². The van der Waals surface area contributed by atoms with Gasteiger partial charge in [-0.05, 0) is 54.5 Å². The van der Waals surface area contributed by atoms with Gasteiger partial charge in [0.15, 0.2) is 5.78 Å². The molecule has 1 aliphatic rings. The van der Waals surface area contributed by atoms with E-state index in [2.05, 4.69) is 0 Å². The molecule has 0 bridgehead atoms. The van der Waals surface area contributed by atoms with Crippen LogP contribution in [0.15, 0.2) is 48.5 Å². The fourth-order valence-corrected chi connectivity index (χ4v) is 2.94. The summed E-state index contributed by atoms with van der Waals surface area (Å²) >= 11 is 6.01. The van der Waals surface area contributed by atoms with Gasteiger partial charge in [0.2, 0.25) is 5.91 Å². The maximum atomic E-state index is 12.3. The van der Waals surface area contributed by atoms with E-state index in [1.54, 1.807) is 29.2 Å². The Morgan fingerprint density at radius 1 is 1.19 bits per heavy atom. The van der Waals surface area contributed by atoms with E-state index in [9.17, 15) is 19.7 Å². The summed E-state index contributed by atoms with van der Waals surface area (Å²) in [6, 6.07) is 10.8. The third-order valence-corrected chi connectivity index (χ3v) is 4.49. The van der Waals surface area contributed by atoms with Crippen LogP contribution in [0.3, 0.4) is 0 Å². The van der Waals surface area contributed by atoms with Crippen LogP contribution in [-0.2, 0) is 4.79 Å². The lowest BCUT2D eigenvalue weighted by Gasteiger charge is -2.15. The lowest BCUT2D eigenvalue weighted by atomic mass is 10.1. The monoisotopic (exact) mass is 370 g/mol. The van der Waals surface area contributed by atoms with E-state index < -0.39 is 4.92 Å². The summed E-state index contributed by atoms with van der Waals surface area (Å²) in [6.45, 7) is 0.692. The van der Waals surface area contributed by atoms with Crippen molar-refractivity contribution >= 4 is 40.7 Å². The van der Waals surface area contributed by atoms with Gasteiger partial charge in [-0.2, -0.15) is 0 Å². The van der Waals surface area contributed by atoms with Crippen molar-refractivity contribution in [3.05, 3.63) is 74.8 Å². The van der Waals surface area contributed by atoms with E-state index in [1.165, 1.54) is 30.4 Å². The number of anilines is 1. The minimum atomic E-state index is -0.520. The van der Waals surface area contributed by atoms with Gasteiger partial charge in [-0.3, -0.25) is 19.7 Å². The molecule has 0 atom stereocenters. The zero-order valence-corrected chi connectivity index (χ0v) is 14.5. The number of rotatable bonds is 5. The molecular formula is C19H15ClN2O4. The Bertz CT molecular complexity index is 906. The van der Waals surface area contributed by atoms with E-state index >= 15 is 0 Å². The highest BCUT2D eigenvalue weighted by Crippen LogP contribution is 2.24. The minimum Gasteiger partial charge on any atom is -0.312 e. The molecule has 2 aromatic rings. The summed E-state index contributed by atoms with van der Waals surface area (Å²) in [5.41, 5.74) is 1.53. The van der Waals surface area contributed by atoms with Gasteiger partial charge in [-0.15, -0.1) is 0 Å². The fourth-order valence-electron chi connectivity index (χ4n) is 2.76. The van der Waals surface area contributed by atoms with Crippen LogP contribution in [-0.4, -0.2) is 23.2 Å². The standard InChI is InChI=1S/C19H15ClN2O4/c20-17-9-8-16(22(25)26)12-14(17)5-10-18(23)13-3-6-15(7-4-13)21-11-1-2-19(21)24/h3-10,12H,1-2,11H2. The number of nitro benzene ring substituents is 1. The average Bonchev–Trinajstić information content (AvgIpc) is 3.06. The average molecular weight is 371 g/mol. The van der Waals surface area contributed by atoms with Crippen molar-refractivity contribution in [2.24, 2.45) is 0 Å². The fraction of sp³-hybridized carbons (Fsp3) is 0.158. The highest BCUT2D eigenvalue weighted by Gasteiger charge is 2.21. The smallest absolute Gasteiger partial charge is 0.270 e. The third-order valence-electron chi connectivity index (χ3n) is 4.14. The van der Waals surface area contributed by atoms with E-state index in [1.807, 2.05) is 0 Å². The summed E-state index contributed by atoms with van der Waals surface area (Å²) < 4.78 is 0. The Kier molecular flexibility index (Phi) is 5.14. The molecule has 7 heteroatoms. The highest BCUT2D eigenvalue weighted by atomic mass is 35.5. The van der Waals surface area contributed by atoms with Crippen molar-refractivity contribution in [3.8, 4) is 0 Å². The Hall–Kier alpha value is -2.99. The number of carbonyl (C=O) groups excluding carboxylic acids is 2. The topological polar surface area (TPSA) is 80.5 Å². The molecule has 0 spiro atoms. The van der Waals surface area contributed by atoms with Crippen LogP contribution in [0.25, 0.3) is 6.08 Å². The molecule has 1 saturated heterocycles. The molecule has 0 aromatic heterocycles. The number of nitrogens with zero attached hydrogens (tertiary/aromatic N) is 2. The second-order valence-electron chi connectivity index (χ2n) is 5.86. The third kappa shape index (κ3) is 3.81. The Labute approximate surface area is 154 Å². The van der Waals surface area contributed by atoms with Crippen molar-refractivity contribution in [1.29, 1.82) is 0 Å². The molecule has 1 amide bonds. The van der Waals surface area contributed by atoms with Crippen LogP contribution >= 0.6 is 11.6 Å². The summed E-state index contributed by atoms with van der Waals surface area (Å²) in [5, 5.41) is 11.2. The van der Waals surface area contributed by atoms with Crippen LogP contribution in [0, 0.1) is 10.1 Å². The van der Waals surface area contributed by atoms with Crippen LogP contribution < -0.4 is 4.90 Å². The van der Waals surface area contributed by atoms with Gasteiger partial charge in [0.05, 0.1) is 4.92 Å². The molecule has 6 nitrogen and oxygen atoms in total. The van der Waals surface area contributed by atoms with Crippen molar-refractivity contribution in [3.63, 3.8) is 0 Å². The SMILES string of the molecule is O=C(C=Cc1cc([N+](=O)[O-])ccc1Cl)c1ccc(N2CCCC2=O)cc1. The van der Waals surface area contributed by atoms with Gasteiger partial charge in [-0.1, -0.05) is 11.6 Å². The second kappa shape index (κ2) is 7.49. The highest BCUT2D eigenvalue weighted by molar-refractivity contribution is 6.32. The number of allylic oxidation sites excluding steroid dienone is 1. The second-order valence-corrected chi connectivity index (χ2v) is 6.26. The molecule has 0 N–H and O–H groups in total. The summed E-state index contributed by atoms with van der Waals surface area (Å²) in [7, 11) is 0. The van der Waals surface area contributed by atoms with Crippen molar-refractivity contribution in [2.45, 2.75) is 12.8 Å². The number of hydrogen-bond acceptors (Lipinski definition) is 4. The van der Waals surface area contributed by atoms with Gasteiger partial charge < -0.3 is 4.90 Å². The van der Waals surface area contributed by atoms with Crippen molar-refractivity contribution in [2.75, 3.05) is 11.4 Å². The molecule has 1 fully saturated rings. The van der Waals surface area contributed by atoms with Gasteiger partial charge in [0, 0.05) is 41.4 Å². The summed E-state index contributed by atoms with van der Waals surface area (Å²) in [5.74, 6) is -0.170. The Balaban J connectivity index is 1.76. The summed E-state index contributed by atoms with van der Waals surface area (Å²) in [6.07, 6.45) is 4.16. The first kappa shape index (κ1) is 17.8. The first-order valence-corrected chi connectivity index (χ1v) is 8.40.